The average Bonchev–Trinajstić information content (AvgIpc) is 2.85. The number of allylic oxidation sites excluding steroid dienone is 2. The van der Waals surface area contributed by atoms with Crippen molar-refractivity contribution >= 4 is 10.8 Å². The fourth-order valence-corrected chi connectivity index (χ4v) is 4.09. The summed E-state index contributed by atoms with van der Waals surface area (Å²) in [6, 6.07) is 11.4. The second-order valence-corrected chi connectivity index (χ2v) is 8.63. The zero-order chi connectivity index (χ0) is 26.5. The van der Waals surface area contributed by atoms with Crippen molar-refractivity contribution in [2.45, 2.75) is 32.6 Å². The Balaban J connectivity index is 1.50. The molecule has 0 spiro atoms. The third-order valence-corrected chi connectivity index (χ3v) is 6.04. The molecule has 0 aliphatic rings. The van der Waals surface area contributed by atoms with Crippen LogP contribution in [0.3, 0.4) is 0 Å². The van der Waals surface area contributed by atoms with E-state index in [-0.39, 0.29) is 29.4 Å². The summed E-state index contributed by atoms with van der Waals surface area (Å²) >= 11 is 0. The summed E-state index contributed by atoms with van der Waals surface area (Å²) in [5, 5.41) is 0.468. The Morgan fingerprint density at radius 3 is 1.97 bits per heavy atom. The van der Waals surface area contributed by atoms with E-state index in [9.17, 15) is 26.3 Å². The molecule has 0 radical (unpaired) electrons. The molecule has 0 unspecified atom stereocenters. The van der Waals surface area contributed by atoms with Crippen LogP contribution in [0.2, 0.25) is 0 Å². The second-order valence-electron chi connectivity index (χ2n) is 8.63. The van der Waals surface area contributed by atoms with E-state index in [1.807, 2.05) is 19.1 Å². The first kappa shape index (κ1) is 26.1. The molecule has 4 aromatic rings. The topological polar surface area (TPSA) is 0 Å². The van der Waals surface area contributed by atoms with Gasteiger partial charge in [0.2, 0.25) is 0 Å². The quantitative estimate of drug-likeness (QED) is 0.139. The van der Waals surface area contributed by atoms with Gasteiger partial charge in [-0.2, -0.15) is 0 Å². The Bertz CT molecular complexity index is 1510. The van der Waals surface area contributed by atoms with Gasteiger partial charge >= 0.3 is 0 Å². The monoisotopic (exact) mass is 508 g/mol. The number of aryl methyl sites for hydroxylation is 2. The number of fused-ring (bicyclic) bond motifs is 1. The van der Waals surface area contributed by atoms with E-state index < -0.39 is 40.5 Å². The van der Waals surface area contributed by atoms with E-state index in [2.05, 4.69) is 11.8 Å². The Kier molecular flexibility index (Phi) is 8.03. The lowest BCUT2D eigenvalue weighted by molar-refractivity contribution is 0.517. The molecular weight excluding hydrogens is 486 g/mol. The summed E-state index contributed by atoms with van der Waals surface area (Å²) < 4.78 is 85.5. The Hall–Kier alpha value is -3.98. The van der Waals surface area contributed by atoms with Crippen molar-refractivity contribution in [3.63, 3.8) is 0 Å². The van der Waals surface area contributed by atoms with Gasteiger partial charge in [-0.05, 0) is 91.6 Å². The van der Waals surface area contributed by atoms with Gasteiger partial charge in [0.1, 0.15) is 23.3 Å². The van der Waals surface area contributed by atoms with Crippen LogP contribution in [0.5, 0.6) is 0 Å². The van der Waals surface area contributed by atoms with Gasteiger partial charge in [0.15, 0.2) is 11.6 Å². The number of hydrogen-bond acceptors (Lipinski definition) is 0. The van der Waals surface area contributed by atoms with Crippen LogP contribution in [0, 0.1) is 46.7 Å². The van der Waals surface area contributed by atoms with Gasteiger partial charge in [-0.15, -0.1) is 0 Å². The third kappa shape index (κ3) is 6.06. The molecule has 0 fully saturated rings. The smallest absolute Gasteiger partial charge is 0.166 e. The fourth-order valence-electron chi connectivity index (χ4n) is 4.09. The van der Waals surface area contributed by atoms with E-state index >= 15 is 0 Å². The van der Waals surface area contributed by atoms with Crippen LogP contribution >= 0.6 is 0 Å². The first-order chi connectivity index (χ1) is 17.8. The van der Waals surface area contributed by atoms with Crippen molar-refractivity contribution in [2.24, 2.45) is 0 Å². The van der Waals surface area contributed by atoms with Crippen molar-refractivity contribution in [3.05, 3.63) is 129 Å². The summed E-state index contributed by atoms with van der Waals surface area (Å²) in [5.74, 6) is -0.0573. The molecule has 4 aromatic carbocycles. The Morgan fingerprint density at radius 1 is 0.649 bits per heavy atom. The van der Waals surface area contributed by atoms with Crippen molar-refractivity contribution in [3.8, 4) is 11.8 Å². The number of benzene rings is 4. The molecule has 0 saturated heterocycles. The molecule has 37 heavy (non-hydrogen) atoms. The molecular formula is C31H22F6. The lowest BCUT2D eigenvalue weighted by Gasteiger charge is -2.09. The zero-order valence-electron chi connectivity index (χ0n) is 19.9. The normalized spacial score (nSPS) is 11.2. The van der Waals surface area contributed by atoms with Crippen LogP contribution in [-0.2, 0) is 19.3 Å². The highest BCUT2D eigenvalue weighted by Gasteiger charge is 2.14. The highest BCUT2D eigenvalue weighted by molar-refractivity contribution is 5.84. The van der Waals surface area contributed by atoms with E-state index in [1.54, 1.807) is 0 Å². The van der Waals surface area contributed by atoms with Crippen LogP contribution in [0.4, 0.5) is 26.3 Å². The Morgan fingerprint density at radius 2 is 1.30 bits per heavy atom. The molecule has 0 aliphatic carbocycles. The SMILES string of the molecule is C/C=C/CCc1cc(F)c(CCc2cc(F)c(C#Cc3ccc4c(F)c(F)ccc4c3)c(F)c2)c(F)c1. The maximum absolute atomic E-state index is 14.7. The molecule has 0 amide bonds. The van der Waals surface area contributed by atoms with Crippen molar-refractivity contribution in [1.29, 1.82) is 0 Å². The van der Waals surface area contributed by atoms with Gasteiger partial charge < -0.3 is 0 Å². The van der Waals surface area contributed by atoms with E-state index in [1.165, 1.54) is 36.4 Å². The summed E-state index contributed by atoms with van der Waals surface area (Å²) in [7, 11) is 0. The standard InChI is InChI=1S/C31H22F6/c1-2-3-4-5-20-15-27(33)25(28(34)16-20)12-8-21-17-29(35)24(30(36)18-21)11-7-19-6-10-23-22(14-19)9-13-26(32)31(23)37/h2-3,6,9-10,13-18H,4-5,8,12H2,1H3/b3-2+. The minimum absolute atomic E-state index is 0.0279. The van der Waals surface area contributed by atoms with Crippen LogP contribution < -0.4 is 0 Å². The van der Waals surface area contributed by atoms with E-state index in [4.69, 9.17) is 0 Å². The molecule has 0 nitrogen and oxygen atoms in total. The Labute approximate surface area is 211 Å². The largest absolute Gasteiger partial charge is 0.207 e. The van der Waals surface area contributed by atoms with Gasteiger partial charge in [-0.3, -0.25) is 0 Å². The lowest BCUT2D eigenvalue weighted by Crippen LogP contribution is -2.02. The highest BCUT2D eigenvalue weighted by Crippen LogP contribution is 2.23. The molecule has 0 saturated carbocycles. The first-order valence-electron chi connectivity index (χ1n) is 11.7. The first-order valence-corrected chi connectivity index (χ1v) is 11.7. The number of halogens is 6. The van der Waals surface area contributed by atoms with Crippen molar-refractivity contribution < 1.29 is 26.3 Å². The van der Waals surface area contributed by atoms with Crippen LogP contribution in [-0.4, -0.2) is 0 Å². The summed E-state index contributed by atoms with van der Waals surface area (Å²) in [4.78, 5) is 0. The average molecular weight is 509 g/mol. The van der Waals surface area contributed by atoms with Crippen molar-refractivity contribution in [1.82, 2.24) is 0 Å². The lowest BCUT2D eigenvalue weighted by atomic mass is 9.99. The van der Waals surface area contributed by atoms with E-state index in [0.717, 1.165) is 18.2 Å². The zero-order valence-corrected chi connectivity index (χ0v) is 19.9. The molecule has 0 aromatic heterocycles. The predicted octanol–water partition coefficient (Wildman–Crippen LogP) is 8.37. The molecule has 0 aliphatic heterocycles. The van der Waals surface area contributed by atoms with Gasteiger partial charge in [0.25, 0.3) is 0 Å². The minimum Gasteiger partial charge on any atom is -0.207 e. The predicted molar refractivity (Wildman–Crippen MR) is 133 cm³/mol. The molecule has 0 heterocycles. The maximum Gasteiger partial charge on any atom is 0.166 e. The highest BCUT2D eigenvalue weighted by atomic mass is 19.2. The van der Waals surface area contributed by atoms with Crippen LogP contribution in [0.1, 0.15) is 41.2 Å². The van der Waals surface area contributed by atoms with Gasteiger partial charge in [-0.1, -0.05) is 36.1 Å². The summed E-state index contributed by atoms with van der Waals surface area (Å²) in [6.45, 7) is 1.87. The maximum atomic E-state index is 14.7. The molecule has 4 rings (SSSR count). The van der Waals surface area contributed by atoms with E-state index in [0.29, 0.717) is 29.4 Å². The number of rotatable bonds is 6. The molecule has 188 valence electrons. The molecule has 0 N–H and O–H groups in total. The molecule has 0 bridgehead atoms. The van der Waals surface area contributed by atoms with Crippen LogP contribution in [0.15, 0.2) is 66.7 Å². The summed E-state index contributed by atoms with van der Waals surface area (Å²) in [6.07, 6.45) is 4.91. The fraction of sp³-hybridized carbons (Fsp3) is 0.161. The van der Waals surface area contributed by atoms with Gasteiger partial charge in [0.05, 0.1) is 5.56 Å². The second kappa shape index (κ2) is 11.4. The third-order valence-electron chi connectivity index (χ3n) is 6.04. The van der Waals surface area contributed by atoms with Crippen molar-refractivity contribution in [2.75, 3.05) is 0 Å². The summed E-state index contributed by atoms with van der Waals surface area (Å²) in [5.41, 5.74) is 0.547. The van der Waals surface area contributed by atoms with Gasteiger partial charge in [-0.25, -0.2) is 26.3 Å². The van der Waals surface area contributed by atoms with Crippen LogP contribution in [0.25, 0.3) is 10.8 Å². The number of hydrogen-bond donors (Lipinski definition) is 0. The molecule has 6 heteroatoms. The van der Waals surface area contributed by atoms with Gasteiger partial charge in [0, 0.05) is 16.5 Å². The molecule has 0 atom stereocenters. The minimum atomic E-state index is -0.982.